The Balaban J connectivity index is 1.54. The van der Waals surface area contributed by atoms with Crippen molar-refractivity contribution in [2.24, 2.45) is 11.8 Å². The number of hydrogen-bond acceptors (Lipinski definition) is 5. The summed E-state index contributed by atoms with van der Waals surface area (Å²) >= 11 is 0. The van der Waals surface area contributed by atoms with Crippen LogP contribution in [0.25, 0.3) is 0 Å². The lowest BCUT2D eigenvalue weighted by molar-refractivity contribution is -0.143. The molecule has 24 heavy (non-hydrogen) atoms. The van der Waals surface area contributed by atoms with Gasteiger partial charge in [0.1, 0.15) is 6.33 Å². The molecule has 0 bridgehead atoms. The fourth-order valence-corrected chi connectivity index (χ4v) is 3.48. The Morgan fingerprint density at radius 3 is 2.71 bits per heavy atom. The highest BCUT2D eigenvalue weighted by Gasteiger charge is 2.34. The smallest absolute Gasteiger partial charge is 0.227 e. The third-order valence-corrected chi connectivity index (χ3v) is 4.73. The summed E-state index contributed by atoms with van der Waals surface area (Å²) in [6.45, 7) is 8.38. The molecule has 1 aromatic heterocycles. The Kier molecular flexibility index (Phi) is 5.01. The van der Waals surface area contributed by atoms with E-state index in [0.29, 0.717) is 38.4 Å². The van der Waals surface area contributed by atoms with Gasteiger partial charge < -0.3 is 14.7 Å². The van der Waals surface area contributed by atoms with Gasteiger partial charge in [-0.25, -0.2) is 5.10 Å². The lowest BCUT2D eigenvalue weighted by Gasteiger charge is -2.39. The number of amides is 2. The molecule has 2 fully saturated rings. The number of aromatic nitrogens is 3. The summed E-state index contributed by atoms with van der Waals surface area (Å²) in [7, 11) is 0. The van der Waals surface area contributed by atoms with Crippen molar-refractivity contribution < 1.29 is 9.59 Å². The summed E-state index contributed by atoms with van der Waals surface area (Å²) in [6, 6.07) is 0. The van der Waals surface area contributed by atoms with E-state index in [2.05, 4.69) is 33.9 Å². The van der Waals surface area contributed by atoms with E-state index in [1.165, 1.54) is 6.33 Å². The van der Waals surface area contributed by atoms with Gasteiger partial charge in [-0.1, -0.05) is 13.8 Å². The summed E-state index contributed by atoms with van der Waals surface area (Å²) in [4.78, 5) is 34.9. The molecule has 2 aliphatic heterocycles. The molecule has 3 rings (SSSR count). The minimum atomic E-state index is -0.0571. The van der Waals surface area contributed by atoms with Crippen molar-refractivity contribution in [2.45, 2.75) is 26.7 Å². The molecule has 1 aromatic rings. The SMILES string of the molecule is CC(C)CN1C[C@H](C(=O)N2CCN(c3ncn[nH]3)CC2)CCC1=O. The quantitative estimate of drug-likeness (QED) is 0.859. The number of nitrogens with zero attached hydrogens (tertiary/aromatic N) is 5. The number of piperidine rings is 1. The van der Waals surface area contributed by atoms with E-state index in [1.54, 1.807) is 0 Å². The van der Waals surface area contributed by atoms with Gasteiger partial charge in [0.2, 0.25) is 17.8 Å². The number of hydrogen-bond donors (Lipinski definition) is 1. The highest BCUT2D eigenvalue weighted by molar-refractivity contribution is 5.84. The number of anilines is 1. The first-order valence-electron chi connectivity index (χ1n) is 8.71. The molecule has 1 N–H and O–H groups in total. The number of H-pyrrole nitrogens is 1. The zero-order valence-electron chi connectivity index (χ0n) is 14.4. The van der Waals surface area contributed by atoms with Crippen molar-refractivity contribution in [3.63, 3.8) is 0 Å². The average molecular weight is 334 g/mol. The van der Waals surface area contributed by atoms with Crippen molar-refractivity contribution >= 4 is 17.8 Å². The monoisotopic (exact) mass is 334 g/mol. The van der Waals surface area contributed by atoms with E-state index in [9.17, 15) is 9.59 Å². The van der Waals surface area contributed by atoms with Crippen molar-refractivity contribution in [1.82, 2.24) is 25.0 Å². The van der Waals surface area contributed by atoms with Crippen LogP contribution in [0.15, 0.2) is 6.33 Å². The number of carbonyl (C=O) groups excluding carboxylic acids is 2. The van der Waals surface area contributed by atoms with E-state index in [1.807, 2.05) is 9.80 Å². The molecule has 8 heteroatoms. The Morgan fingerprint density at radius 1 is 1.33 bits per heavy atom. The first-order chi connectivity index (χ1) is 11.5. The number of nitrogens with one attached hydrogen (secondary N) is 1. The lowest BCUT2D eigenvalue weighted by Crippen LogP contribution is -2.53. The first-order valence-corrected chi connectivity index (χ1v) is 8.71. The van der Waals surface area contributed by atoms with Gasteiger partial charge in [0.05, 0.1) is 5.92 Å². The predicted molar refractivity (Wildman–Crippen MR) is 89.3 cm³/mol. The zero-order valence-corrected chi connectivity index (χ0v) is 14.4. The minimum absolute atomic E-state index is 0.0571. The van der Waals surface area contributed by atoms with Crippen molar-refractivity contribution in [3.05, 3.63) is 6.33 Å². The summed E-state index contributed by atoms with van der Waals surface area (Å²) in [5.74, 6) is 1.50. The van der Waals surface area contributed by atoms with E-state index < -0.39 is 0 Å². The highest BCUT2D eigenvalue weighted by atomic mass is 16.2. The second kappa shape index (κ2) is 7.19. The maximum absolute atomic E-state index is 12.8. The molecule has 0 aliphatic carbocycles. The molecule has 8 nitrogen and oxygen atoms in total. The molecule has 2 saturated heterocycles. The summed E-state index contributed by atoms with van der Waals surface area (Å²) in [6.07, 6.45) is 2.66. The zero-order chi connectivity index (χ0) is 17.1. The Morgan fingerprint density at radius 2 is 2.08 bits per heavy atom. The van der Waals surface area contributed by atoms with Crippen LogP contribution in [0.5, 0.6) is 0 Å². The van der Waals surface area contributed by atoms with Crippen LogP contribution in [0.4, 0.5) is 5.95 Å². The van der Waals surface area contributed by atoms with Crippen LogP contribution in [-0.2, 0) is 9.59 Å². The van der Waals surface area contributed by atoms with E-state index >= 15 is 0 Å². The third-order valence-electron chi connectivity index (χ3n) is 4.73. The molecule has 0 radical (unpaired) electrons. The molecule has 0 spiro atoms. The normalized spacial score (nSPS) is 22.4. The molecule has 2 amide bonds. The molecule has 2 aliphatic rings. The summed E-state index contributed by atoms with van der Waals surface area (Å²) < 4.78 is 0. The van der Waals surface area contributed by atoms with Gasteiger partial charge in [-0.05, 0) is 12.3 Å². The molecule has 1 atom stereocenters. The van der Waals surface area contributed by atoms with Gasteiger partial charge in [-0.2, -0.15) is 10.1 Å². The average Bonchev–Trinajstić information content (AvgIpc) is 3.10. The molecular formula is C16H26N6O2. The van der Waals surface area contributed by atoms with Gasteiger partial charge >= 0.3 is 0 Å². The Hall–Kier alpha value is -2.12. The number of carbonyl (C=O) groups is 2. The van der Waals surface area contributed by atoms with Crippen LogP contribution in [0.3, 0.4) is 0 Å². The second-order valence-electron chi connectivity index (χ2n) is 7.05. The minimum Gasteiger partial charge on any atom is -0.342 e. The van der Waals surface area contributed by atoms with E-state index in [-0.39, 0.29) is 17.7 Å². The van der Waals surface area contributed by atoms with Crippen LogP contribution in [0.1, 0.15) is 26.7 Å². The third kappa shape index (κ3) is 3.68. The van der Waals surface area contributed by atoms with Crippen LogP contribution in [0.2, 0.25) is 0 Å². The van der Waals surface area contributed by atoms with Crippen LogP contribution < -0.4 is 4.90 Å². The summed E-state index contributed by atoms with van der Waals surface area (Å²) in [5, 5.41) is 6.73. The molecule has 0 saturated carbocycles. The maximum Gasteiger partial charge on any atom is 0.227 e. The molecular weight excluding hydrogens is 308 g/mol. The number of likely N-dealkylation sites (tertiary alicyclic amines) is 1. The summed E-state index contributed by atoms with van der Waals surface area (Å²) in [5.41, 5.74) is 0. The standard InChI is InChI=1S/C16H26N6O2/c1-12(2)9-22-10-13(3-4-14(22)23)15(24)20-5-7-21(8-6-20)16-17-11-18-19-16/h11-13H,3-10H2,1-2H3,(H,17,18,19)/t13-/m1/s1. The Bertz CT molecular complexity index is 565. The molecule has 3 heterocycles. The predicted octanol–water partition coefficient (Wildman–Crippen LogP) is 0.348. The van der Waals surface area contributed by atoms with Gasteiger partial charge in [0.25, 0.3) is 0 Å². The van der Waals surface area contributed by atoms with E-state index in [0.717, 1.165) is 25.6 Å². The fourth-order valence-electron chi connectivity index (χ4n) is 3.48. The van der Waals surface area contributed by atoms with Crippen molar-refractivity contribution in [3.8, 4) is 0 Å². The van der Waals surface area contributed by atoms with Gasteiger partial charge in [0.15, 0.2) is 0 Å². The first kappa shape index (κ1) is 16.7. The fraction of sp³-hybridized carbons (Fsp3) is 0.750. The molecule has 0 unspecified atom stereocenters. The van der Waals surface area contributed by atoms with E-state index in [4.69, 9.17) is 0 Å². The number of rotatable bonds is 4. The maximum atomic E-state index is 12.8. The van der Waals surface area contributed by atoms with Gasteiger partial charge in [0, 0.05) is 45.7 Å². The van der Waals surface area contributed by atoms with Gasteiger partial charge in [-0.3, -0.25) is 9.59 Å². The number of aromatic amines is 1. The number of piperazine rings is 1. The van der Waals surface area contributed by atoms with Crippen LogP contribution in [0, 0.1) is 11.8 Å². The second-order valence-corrected chi connectivity index (χ2v) is 7.05. The van der Waals surface area contributed by atoms with Crippen LogP contribution >= 0.6 is 0 Å². The van der Waals surface area contributed by atoms with Gasteiger partial charge in [-0.15, -0.1) is 0 Å². The van der Waals surface area contributed by atoms with Crippen molar-refractivity contribution in [1.29, 1.82) is 0 Å². The highest BCUT2D eigenvalue weighted by Crippen LogP contribution is 2.22. The lowest BCUT2D eigenvalue weighted by atomic mass is 9.95. The van der Waals surface area contributed by atoms with Crippen LogP contribution in [-0.4, -0.2) is 76.1 Å². The topological polar surface area (TPSA) is 85.4 Å². The molecule has 132 valence electrons. The Labute approximate surface area is 142 Å². The van der Waals surface area contributed by atoms with Crippen molar-refractivity contribution in [2.75, 3.05) is 44.2 Å². The largest absolute Gasteiger partial charge is 0.342 e. The molecule has 0 aromatic carbocycles.